The Morgan fingerprint density at radius 1 is 1.03 bits per heavy atom. The van der Waals surface area contributed by atoms with E-state index in [1.807, 2.05) is 0 Å². The van der Waals surface area contributed by atoms with Crippen molar-refractivity contribution in [2.45, 2.75) is 24.3 Å². The van der Waals surface area contributed by atoms with E-state index in [1.165, 1.54) is 62.4 Å². The fourth-order valence-electron chi connectivity index (χ4n) is 3.04. The molecule has 0 aromatic heterocycles. The second-order valence-electron chi connectivity index (χ2n) is 8.22. The van der Waals surface area contributed by atoms with Gasteiger partial charge < -0.3 is 10.8 Å². The van der Waals surface area contributed by atoms with Gasteiger partial charge in [-0.15, -0.1) is 0 Å². The zero-order valence-corrected chi connectivity index (χ0v) is 20.3. The van der Waals surface area contributed by atoms with Gasteiger partial charge in [-0.2, -0.15) is 0 Å². The number of nitrogens with zero attached hydrogens (tertiary/aromatic N) is 1. The highest BCUT2D eigenvalue weighted by Crippen LogP contribution is 2.30. The van der Waals surface area contributed by atoms with E-state index in [4.69, 9.17) is 17.3 Å². The smallest absolute Gasteiger partial charge is 0.175 e. The number of sulfone groups is 1. The average molecular weight is 505 g/mol. The van der Waals surface area contributed by atoms with E-state index in [0.29, 0.717) is 11.1 Å². The van der Waals surface area contributed by atoms with E-state index in [2.05, 4.69) is 4.99 Å². The van der Waals surface area contributed by atoms with Crippen LogP contribution in [-0.2, 0) is 9.84 Å². The number of hydrogen-bond acceptors (Lipinski definition) is 5. The van der Waals surface area contributed by atoms with Gasteiger partial charge in [0.25, 0.3) is 0 Å². The lowest BCUT2D eigenvalue weighted by molar-refractivity contribution is 0.118. The molecule has 0 atom stereocenters. The summed E-state index contributed by atoms with van der Waals surface area (Å²) in [4.78, 5) is 4.36. The standard InChI is InChI=1S/C25H23ClF2N2O3S/c1-25(2,31)23(29)14-22(24-18(26)8-5-9-19(24)27)30-21-11-10-16(13-20(21)28)15-6-4-7-17(12-15)34(3,32)33/h4-14,31H,29H2,1-3H3. The summed E-state index contributed by atoms with van der Waals surface area (Å²) in [6, 6.07) is 14.3. The molecule has 0 aliphatic carbocycles. The quantitative estimate of drug-likeness (QED) is 0.438. The van der Waals surface area contributed by atoms with Crippen molar-refractivity contribution in [2.24, 2.45) is 10.7 Å². The highest BCUT2D eigenvalue weighted by molar-refractivity contribution is 7.90. The summed E-state index contributed by atoms with van der Waals surface area (Å²) in [7, 11) is -3.43. The first-order valence-electron chi connectivity index (χ1n) is 10.1. The van der Waals surface area contributed by atoms with E-state index in [9.17, 15) is 17.9 Å². The Morgan fingerprint density at radius 3 is 2.26 bits per heavy atom. The number of rotatable bonds is 6. The van der Waals surface area contributed by atoms with Crippen molar-refractivity contribution in [1.82, 2.24) is 0 Å². The van der Waals surface area contributed by atoms with E-state index in [0.717, 1.165) is 6.26 Å². The van der Waals surface area contributed by atoms with Crippen LogP contribution in [0.1, 0.15) is 19.4 Å². The first kappa shape index (κ1) is 25.6. The number of benzene rings is 3. The topological polar surface area (TPSA) is 92.8 Å². The summed E-state index contributed by atoms with van der Waals surface area (Å²) in [6.07, 6.45) is 2.33. The molecule has 0 aliphatic heterocycles. The molecule has 0 heterocycles. The highest BCUT2D eigenvalue weighted by atomic mass is 35.5. The maximum absolute atomic E-state index is 15.1. The zero-order valence-electron chi connectivity index (χ0n) is 18.7. The van der Waals surface area contributed by atoms with Gasteiger partial charge in [0.05, 0.1) is 32.5 Å². The van der Waals surface area contributed by atoms with Gasteiger partial charge in [-0.05, 0) is 67.4 Å². The maximum Gasteiger partial charge on any atom is 0.175 e. The molecule has 0 bridgehead atoms. The third-order valence-electron chi connectivity index (χ3n) is 5.00. The van der Waals surface area contributed by atoms with Gasteiger partial charge in [0.15, 0.2) is 9.84 Å². The van der Waals surface area contributed by atoms with Crippen molar-refractivity contribution < 1.29 is 22.3 Å². The number of nitrogens with two attached hydrogens (primary N) is 1. The van der Waals surface area contributed by atoms with Crippen LogP contribution in [0.3, 0.4) is 0 Å². The predicted molar refractivity (Wildman–Crippen MR) is 131 cm³/mol. The van der Waals surface area contributed by atoms with Crippen LogP contribution in [0, 0.1) is 11.6 Å². The molecule has 3 rings (SSSR count). The normalized spacial score (nSPS) is 13.3. The highest BCUT2D eigenvalue weighted by Gasteiger charge is 2.20. The van der Waals surface area contributed by atoms with Crippen molar-refractivity contribution in [3.63, 3.8) is 0 Å². The van der Waals surface area contributed by atoms with Crippen LogP contribution < -0.4 is 5.73 Å². The summed E-state index contributed by atoms with van der Waals surface area (Å²) in [6.45, 7) is 2.89. The molecule has 5 nitrogen and oxygen atoms in total. The second kappa shape index (κ2) is 9.66. The van der Waals surface area contributed by atoms with Crippen LogP contribution in [0.15, 0.2) is 82.3 Å². The molecular weight excluding hydrogens is 482 g/mol. The summed E-state index contributed by atoms with van der Waals surface area (Å²) in [5.74, 6) is -1.43. The minimum absolute atomic E-state index is 0.0276. The molecule has 9 heteroatoms. The molecule has 0 saturated heterocycles. The Bertz CT molecular complexity index is 1390. The number of allylic oxidation sites excluding steroid dienone is 1. The number of aliphatic imine (C=N–C) groups is 1. The third-order valence-corrected chi connectivity index (χ3v) is 6.43. The Balaban J connectivity index is 2.14. The first-order chi connectivity index (χ1) is 15.8. The molecule has 0 aliphatic rings. The van der Waals surface area contributed by atoms with Crippen molar-refractivity contribution in [2.75, 3.05) is 6.26 Å². The summed E-state index contributed by atoms with van der Waals surface area (Å²) in [5, 5.41) is 10.2. The minimum Gasteiger partial charge on any atom is -0.400 e. The van der Waals surface area contributed by atoms with Gasteiger partial charge in [-0.25, -0.2) is 22.2 Å². The van der Waals surface area contributed by atoms with Gasteiger partial charge in [0.1, 0.15) is 11.6 Å². The molecule has 178 valence electrons. The van der Waals surface area contributed by atoms with Crippen molar-refractivity contribution in [1.29, 1.82) is 0 Å². The Morgan fingerprint density at radius 2 is 1.68 bits per heavy atom. The zero-order chi connectivity index (χ0) is 25.3. The van der Waals surface area contributed by atoms with Crippen LogP contribution in [0.25, 0.3) is 11.1 Å². The SMILES string of the molecule is CC(C)(O)C(N)=CC(=Nc1ccc(-c2cccc(S(C)(=O)=O)c2)cc1F)c1c(F)cccc1Cl. The third kappa shape index (κ3) is 5.88. The molecule has 0 radical (unpaired) electrons. The fourth-order valence-corrected chi connectivity index (χ4v) is 3.97. The lowest BCUT2D eigenvalue weighted by atomic mass is 10.0. The Kier molecular flexibility index (Phi) is 7.26. The summed E-state index contributed by atoms with van der Waals surface area (Å²) in [5.41, 5.74) is 5.12. The van der Waals surface area contributed by atoms with Gasteiger partial charge in [0, 0.05) is 12.0 Å². The maximum atomic E-state index is 15.1. The van der Waals surface area contributed by atoms with Gasteiger partial charge in [0.2, 0.25) is 0 Å². The Labute approximate surface area is 202 Å². The molecule has 0 fully saturated rings. The van der Waals surface area contributed by atoms with Crippen molar-refractivity contribution in [3.05, 3.63) is 94.7 Å². The average Bonchev–Trinajstić information content (AvgIpc) is 2.73. The number of hydrogen-bond donors (Lipinski definition) is 2. The fraction of sp³-hybridized carbons (Fsp3) is 0.160. The number of halogens is 3. The molecule has 3 N–H and O–H groups in total. The van der Waals surface area contributed by atoms with Gasteiger partial charge >= 0.3 is 0 Å². The molecule has 0 unspecified atom stereocenters. The molecule has 34 heavy (non-hydrogen) atoms. The molecule has 3 aromatic rings. The van der Waals surface area contributed by atoms with E-state index >= 15 is 4.39 Å². The monoisotopic (exact) mass is 504 g/mol. The van der Waals surface area contributed by atoms with Crippen molar-refractivity contribution in [3.8, 4) is 11.1 Å². The van der Waals surface area contributed by atoms with Gasteiger partial charge in [-0.1, -0.05) is 35.9 Å². The van der Waals surface area contributed by atoms with Crippen LogP contribution in [0.2, 0.25) is 5.02 Å². The van der Waals surface area contributed by atoms with E-state index in [-0.39, 0.29) is 32.6 Å². The van der Waals surface area contributed by atoms with Crippen LogP contribution in [0.4, 0.5) is 14.5 Å². The molecule has 0 saturated carbocycles. The van der Waals surface area contributed by atoms with Crippen LogP contribution >= 0.6 is 11.6 Å². The largest absolute Gasteiger partial charge is 0.400 e. The lowest BCUT2D eigenvalue weighted by Gasteiger charge is -2.18. The Hall–Kier alpha value is -3.07. The van der Waals surface area contributed by atoms with E-state index < -0.39 is 27.1 Å². The van der Waals surface area contributed by atoms with Crippen molar-refractivity contribution >= 4 is 32.8 Å². The van der Waals surface area contributed by atoms with E-state index in [1.54, 1.807) is 18.2 Å². The first-order valence-corrected chi connectivity index (χ1v) is 12.4. The predicted octanol–water partition coefficient (Wildman–Crippen LogP) is 5.42. The number of aliphatic hydroxyl groups is 1. The summed E-state index contributed by atoms with van der Waals surface area (Å²) < 4.78 is 53.4. The molecule has 0 amide bonds. The molecular formula is C25H23ClF2N2O3S. The summed E-state index contributed by atoms with van der Waals surface area (Å²) >= 11 is 6.19. The molecule has 0 spiro atoms. The lowest BCUT2D eigenvalue weighted by Crippen LogP contribution is -2.28. The van der Waals surface area contributed by atoms with Crippen LogP contribution in [-0.4, -0.2) is 31.1 Å². The second-order valence-corrected chi connectivity index (χ2v) is 10.6. The molecule has 3 aromatic carbocycles. The van der Waals surface area contributed by atoms with Crippen LogP contribution in [0.5, 0.6) is 0 Å². The minimum atomic E-state index is -3.43. The van der Waals surface area contributed by atoms with Gasteiger partial charge in [-0.3, -0.25) is 0 Å².